The van der Waals surface area contributed by atoms with Gasteiger partial charge in [0.1, 0.15) is 17.5 Å². The van der Waals surface area contributed by atoms with Crippen LogP contribution in [0.1, 0.15) is 40.0 Å². The number of carbonyl (C=O) groups is 3. The lowest BCUT2D eigenvalue weighted by molar-refractivity contribution is -0.142. The Balaban J connectivity index is 1.59. The second-order valence-electron chi connectivity index (χ2n) is 12.3. The van der Waals surface area contributed by atoms with Crippen LogP contribution >= 0.6 is 11.8 Å². The molecule has 3 fully saturated rings. The lowest BCUT2D eigenvalue weighted by Crippen LogP contribution is -2.57. The molecule has 5 rings (SSSR count). The lowest BCUT2D eigenvalue weighted by Gasteiger charge is -2.39. The highest BCUT2D eigenvalue weighted by Crippen LogP contribution is 2.72. The van der Waals surface area contributed by atoms with Gasteiger partial charge in [0.2, 0.25) is 11.8 Å². The monoisotopic (exact) mass is 647 g/mol. The molecule has 2 bridgehead atoms. The van der Waals surface area contributed by atoms with Crippen molar-refractivity contribution >= 4 is 40.9 Å². The van der Waals surface area contributed by atoms with E-state index < -0.39 is 33.4 Å². The largest absolute Gasteiger partial charge is 0.497 e. The number of rotatable bonds is 14. The quantitative estimate of drug-likeness (QED) is 0.286. The van der Waals surface area contributed by atoms with Gasteiger partial charge in [-0.3, -0.25) is 14.4 Å². The molecule has 2 aromatic rings. The van der Waals surface area contributed by atoms with Crippen molar-refractivity contribution in [3.05, 3.63) is 73.8 Å². The van der Waals surface area contributed by atoms with Gasteiger partial charge in [-0.05, 0) is 81.6 Å². The predicted molar refractivity (Wildman–Crippen MR) is 182 cm³/mol. The Morgan fingerprint density at radius 2 is 1.57 bits per heavy atom. The number of methoxy groups -OCH3 is 1. The van der Waals surface area contributed by atoms with E-state index in [0.717, 1.165) is 0 Å². The van der Waals surface area contributed by atoms with Crippen LogP contribution in [0.15, 0.2) is 73.8 Å². The summed E-state index contributed by atoms with van der Waals surface area (Å²) in [5.41, 5.74) is 1.34. The molecule has 3 aliphatic heterocycles. The lowest BCUT2D eigenvalue weighted by atomic mass is 9.66. The standard InChI is InChI=1S/C36H45N3O6S/c1-7-21-37(25-13-17-28(18-14-25)45-10-4)32(41)29-30-33(42)39(24(9-3)23-40)31(36(30)20-19-35(29,5)46-36)34(43)38(22-8-2)26-11-15-27(44-6)16-12-26/h7-8,11-18,24,29-31,40H,1-2,9-10,19-23H2,3-6H3/t24-,29+,30-,31?,35-,36?/m0/s1. The third-order valence-electron chi connectivity index (χ3n) is 9.79. The van der Waals surface area contributed by atoms with Crippen molar-refractivity contribution in [1.82, 2.24) is 4.90 Å². The summed E-state index contributed by atoms with van der Waals surface area (Å²) in [6, 6.07) is 13.1. The van der Waals surface area contributed by atoms with Gasteiger partial charge >= 0.3 is 0 Å². The number of aliphatic hydroxyl groups is 1. The van der Waals surface area contributed by atoms with Gasteiger partial charge in [-0.25, -0.2) is 0 Å². The van der Waals surface area contributed by atoms with Gasteiger partial charge < -0.3 is 29.3 Å². The average molecular weight is 648 g/mol. The number of fused-ring (bicyclic) bond motifs is 1. The molecule has 9 nitrogen and oxygen atoms in total. The highest BCUT2D eigenvalue weighted by atomic mass is 32.2. The Morgan fingerprint density at radius 1 is 1.00 bits per heavy atom. The fraction of sp³-hybridized carbons (Fsp3) is 0.472. The molecule has 2 aromatic carbocycles. The van der Waals surface area contributed by atoms with Crippen molar-refractivity contribution in [1.29, 1.82) is 0 Å². The zero-order valence-electron chi connectivity index (χ0n) is 27.2. The molecule has 2 unspecified atom stereocenters. The molecule has 3 heterocycles. The highest BCUT2D eigenvalue weighted by molar-refractivity contribution is 8.02. The van der Waals surface area contributed by atoms with Gasteiger partial charge in [-0.1, -0.05) is 19.1 Å². The second kappa shape index (κ2) is 13.5. The van der Waals surface area contributed by atoms with Gasteiger partial charge in [0.25, 0.3) is 5.91 Å². The zero-order valence-corrected chi connectivity index (χ0v) is 28.0. The molecule has 1 N–H and O–H groups in total. The smallest absolute Gasteiger partial charge is 0.251 e. The molecule has 3 saturated heterocycles. The molecule has 0 aliphatic carbocycles. The summed E-state index contributed by atoms with van der Waals surface area (Å²) in [5, 5.41) is 10.5. The zero-order chi connectivity index (χ0) is 33.2. The Hall–Kier alpha value is -3.76. The summed E-state index contributed by atoms with van der Waals surface area (Å²) < 4.78 is 9.55. The third-order valence-corrected chi connectivity index (χ3v) is 11.8. The fourth-order valence-electron chi connectivity index (χ4n) is 7.70. The minimum atomic E-state index is -0.868. The van der Waals surface area contributed by atoms with Crippen molar-refractivity contribution in [3.8, 4) is 11.5 Å². The van der Waals surface area contributed by atoms with Gasteiger partial charge in [-0.15, -0.1) is 24.9 Å². The van der Waals surface area contributed by atoms with Crippen LogP contribution in [0.5, 0.6) is 11.5 Å². The summed E-state index contributed by atoms with van der Waals surface area (Å²) in [5.74, 6) is -0.683. The van der Waals surface area contributed by atoms with Gasteiger partial charge in [0.05, 0.1) is 42.9 Å². The first-order valence-electron chi connectivity index (χ1n) is 16.0. The van der Waals surface area contributed by atoms with E-state index in [1.165, 1.54) is 0 Å². The van der Waals surface area contributed by atoms with E-state index in [4.69, 9.17) is 9.47 Å². The number of hydrogen-bond acceptors (Lipinski definition) is 7. The minimum absolute atomic E-state index is 0.165. The van der Waals surface area contributed by atoms with E-state index in [9.17, 15) is 19.5 Å². The topological polar surface area (TPSA) is 99.6 Å². The van der Waals surface area contributed by atoms with Crippen LogP contribution in [0.25, 0.3) is 0 Å². The van der Waals surface area contributed by atoms with E-state index in [1.807, 2.05) is 50.2 Å². The number of aliphatic hydroxyl groups excluding tert-OH is 1. The van der Waals surface area contributed by atoms with Crippen LogP contribution in [0.3, 0.4) is 0 Å². The van der Waals surface area contributed by atoms with E-state index in [1.54, 1.807) is 57.9 Å². The van der Waals surface area contributed by atoms with Crippen LogP contribution in [0.2, 0.25) is 0 Å². The van der Waals surface area contributed by atoms with Gasteiger partial charge in [0, 0.05) is 29.2 Å². The average Bonchev–Trinajstić information content (AvgIpc) is 3.64. The van der Waals surface area contributed by atoms with E-state index in [-0.39, 0.29) is 37.4 Å². The maximum absolute atomic E-state index is 14.9. The molecule has 6 atom stereocenters. The minimum Gasteiger partial charge on any atom is -0.497 e. The molecule has 3 aliphatic rings. The van der Waals surface area contributed by atoms with Crippen LogP contribution in [-0.2, 0) is 14.4 Å². The number of carbonyl (C=O) groups excluding carboxylic acids is 3. The summed E-state index contributed by atoms with van der Waals surface area (Å²) in [7, 11) is 1.58. The summed E-state index contributed by atoms with van der Waals surface area (Å²) in [6.07, 6.45) is 5.11. The maximum atomic E-state index is 14.9. The maximum Gasteiger partial charge on any atom is 0.251 e. The van der Waals surface area contributed by atoms with Crippen molar-refractivity contribution in [2.45, 2.75) is 61.6 Å². The van der Waals surface area contributed by atoms with Crippen LogP contribution in [-0.4, -0.2) is 82.7 Å². The molecule has 46 heavy (non-hydrogen) atoms. The third kappa shape index (κ3) is 5.49. The molecular formula is C36H45N3O6S. The molecule has 246 valence electrons. The fourth-order valence-corrected chi connectivity index (χ4v) is 10.0. The van der Waals surface area contributed by atoms with Crippen molar-refractivity contribution < 1.29 is 29.0 Å². The van der Waals surface area contributed by atoms with Gasteiger partial charge in [-0.2, -0.15) is 0 Å². The van der Waals surface area contributed by atoms with Crippen LogP contribution in [0.4, 0.5) is 11.4 Å². The number of hydrogen-bond donors (Lipinski definition) is 1. The number of amides is 3. The van der Waals surface area contributed by atoms with Gasteiger partial charge in [0.15, 0.2) is 0 Å². The molecule has 0 radical (unpaired) electrons. The first kappa shape index (κ1) is 33.6. The molecule has 1 spiro atoms. The number of benzene rings is 2. The van der Waals surface area contributed by atoms with Crippen molar-refractivity contribution in [3.63, 3.8) is 0 Å². The molecule has 3 amide bonds. The summed E-state index contributed by atoms with van der Waals surface area (Å²) in [6.45, 7) is 14.4. The van der Waals surface area contributed by atoms with Crippen LogP contribution in [0, 0.1) is 11.8 Å². The normalized spacial score (nSPS) is 26.8. The molecular weight excluding hydrogens is 602 g/mol. The molecule has 0 saturated carbocycles. The summed E-state index contributed by atoms with van der Waals surface area (Å²) in [4.78, 5) is 49.3. The predicted octanol–water partition coefficient (Wildman–Crippen LogP) is 5.08. The van der Waals surface area contributed by atoms with E-state index in [0.29, 0.717) is 48.7 Å². The second-order valence-corrected chi connectivity index (χ2v) is 14.2. The highest BCUT2D eigenvalue weighted by Gasteiger charge is 2.78. The molecule has 10 heteroatoms. The number of ether oxygens (including phenoxy) is 2. The SMILES string of the molecule is C=CCN(C(=O)C1N([C@@H](CC)CO)C(=O)[C@@H]2[C@H](C(=O)N(CC=C)c3ccc(OCC)cc3)[C@]3(C)CCC12S3)c1ccc(OC)cc1. The number of thioether (sulfide) groups is 1. The first-order chi connectivity index (χ1) is 22.1. The number of nitrogens with zero attached hydrogens (tertiary/aromatic N) is 3. The Kier molecular flexibility index (Phi) is 9.89. The number of likely N-dealkylation sites (tertiary alicyclic amines) is 1. The summed E-state index contributed by atoms with van der Waals surface area (Å²) >= 11 is 1.62. The van der Waals surface area contributed by atoms with Crippen molar-refractivity contribution in [2.75, 3.05) is 43.2 Å². The first-order valence-corrected chi connectivity index (χ1v) is 16.8. The Bertz CT molecular complexity index is 1460. The Morgan fingerprint density at radius 3 is 2.07 bits per heavy atom. The van der Waals surface area contributed by atoms with E-state index >= 15 is 0 Å². The molecule has 0 aromatic heterocycles. The number of anilines is 2. The van der Waals surface area contributed by atoms with E-state index in [2.05, 4.69) is 20.1 Å². The van der Waals surface area contributed by atoms with Crippen LogP contribution < -0.4 is 19.3 Å². The van der Waals surface area contributed by atoms with Crippen molar-refractivity contribution in [2.24, 2.45) is 11.8 Å². The Labute approximate surface area is 276 Å².